The van der Waals surface area contributed by atoms with Crippen LogP contribution in [-0.4, -0.2) is 18.1 Å². The summed E-state index contributed by atoms with van der Waals surface area (Å²) in [5, 5.41) is 9.59. The summed E-state index contributed by atoms with van der Waals surface area (Å²) < 4.78 is 38.8. The molecular formula is C20H26O5S. The van der Waals surface area contributed by atoms with Crippen molar-refractivity contribution < 1.29 is 22.8 Å². The van der Waals surface area contributed by atoms with Crippen LogP contribution in [0.15, 0.2) is 47.4 Å². The Morgan fingerprint density at radius 1 is 0.962 bits per heavy atom. The van der Waals surface area contributed by atoms with E-state index < -0.39 is 10.1 Å². The lowest BCUT2D eigenvalue weighted by Gasteiger charge is -2.14. The maximum absolute atomic E-state index is 11.7. The first kappa shape index (κ1) is 20.3. The molecule has 142 valence electrons. The van der Waals surface area contributed by atoms with Gasteiger partial charge in [-0.15, -0.1) is 0 Å². The van der Waals surface area contributed by atoms with Crippen LogP contribution in [0, 0.1) is 0 Å². The lowest BCUT2D eigenvalue weighted by atomic mass is 10.0. The number of ether oxygens (including phenoxy) is 1. The molecule has 0 atom stereocenters. The van der Waals surface area contributed by atoms with E-state index in [-0.39, 0.29) is 16.4 Å². The summed E-state index contributed by atoms with van der Waals surface area (Å²) in [7, 11) is -4.42. The SMILES string of the molecule is CCCCCCCCc1cccc(S(=O)(=O)O)c1Oc1cccc(O)c1. The van der Waals surface area contributed by atoms with Crippen molar-refractivity contribution in [3.05, 3.63) is 48.0 Å². The molecule has 0 radical (unpaired) electrons. The van der Waals surface area contributed by atoms with Crippen LogP contribution in [0.3, 0.4) is 0 Å². The molecule has 0 saturated heterocycles. The second-order valence-corrected chi connectivity index (χ2v) is 7.73. The fraction of sp³-hybridized carbons (Fsp3) is 0.400. The van der Waals surface area contributed by atoms with Crippen molar-refractivity contribution >= 4 is 10.1 Å². The third kappa shape index (κ3) is 6.04. The predicted molar refractivity (Wildman–Crippen MR) is 102 cm³/mol. The number of benzene rings is 2. The molecule has 0 aliphatic heterocycles. The van der Waals surface area contributed by atoms with Gasteiger partial charge in [0.05, 0.1) is 0 Å². The van der Waals surface area contributed by atoms with Crippen LogP contribution in [0.5, 0.6) is 17.2 Å². The molecule has 0 spiro atoms. The summed E-state index contributed by atoms with van der Waals surface area (Å²) in [4.78, 5) is -0.260. The van der Waals surface area contributed by atoms with Crippen molar-refractivity contribution in [1.82, 2.24) is 0 Å². The van der Waals surface area contributed by atoms with Gasteiger partial charge in [0.1, 0.15) is 16.4 Å². The Kier molecular flexibility index (Phi) is 7.48. The molecule has 2 aromatic carbocycles. The topological polar surface area (TPSA) is 83.8 Å². The van der Waals surface area contributed by atoms with Crippen LogP contribution < -0.4 is 4.74 Å². The number of phenols is 1. The highest BCUT2D eigenvalue weighted by Gasteiger charge is 2.20. The molecule has 6 heteroatoms. The van der Waals surface area contributed by atoms with Gasteiger partial charge in [-0.1, -0.05) is 57.2 Å². The predicted octanol–water partition coefficient (Wildman–Crippen LogP) is 5.33. The van der Waals surface area contributed by atoms with E-state index in [4.69, 9.17) is 4.74 Å². The van der Waals surface area contributed by atoms with E-state index in [1.165, 1.54) is 37.5 Å². The van der Waals surface area contributed by atoms with Crippen molar-refractivity contribution in [3.8, 4) is 17.2 Å². The van der Waals surface area contributed by atoms with Gasteiger partial charge in [0.15, 0.2) is 5.75 Å². The summed E-state index contributed by atoms with van der Waals surface area (Å²) in [6.45, 7) is 2.17. The third-order valence-electron chi connectivity index (χ3n) is 4.18. The molecule has 0 saturated carbocycles. The molecule has 0 bridgehead atoms. The molecule has 0 aromatic heterocycles. The zero-order valence-electron chi connectivity index (χ0n) is 15.0. The molecule has 2 aromatic rings. The van der Waals surface area contributed by atoms with E-state index in [0.717, 1.165) is 24.8 Å². The number of unbranched alkanes of at least 4 members (excludes halogenated alkanes) is 5. The van der Waals surface area contributed by atoms with E-state index in [2.05, 4.69) is 6.92 Å². The summed E-state index contributed by atoms with van der Waals surface area (Å²) in [6.07, 6.45) is 7.39. The van der Waals surface area contributed by atoms with Crippen molar-refractivity contribution in [2.24, 2.45) is 0 Å². The number of aromatic hydroxyl groups is 1. The molecule has 5 nitrogen and oxygen atoms in total. The molecule has 0 unspecified atom stereocenters. The molecule has 0 heterocycles. The number of aryl methyl sites for hydroxylation is 1. The second-order valence-electron chi connectivity index (χ2n) is 6.34. The minimum atomic E-state index is -4.42. The van der Waals surface area contributed by atoms with E-state index in [9.17, 15) is 18.1 Å². The fourth-order valence-electron chi connectivity index (χ4n) is 2.84. The van der Waals surface area contributed by atoms with Crippen LogP contribution in [-0.2, 0) is 16.5 Å². The Bertz CT molecular complexity index is 815. The minimum Gasteiger partial charge on any atom is -0.508 e. The van der Waals surface area contributed by atoms with Gasteiger partial charge < -0.3 is 9.84 Å². The Morgan fingerprint density at radius 3 is 2.35 bits per heavy atom. The minimum absolute atomic E-state index is 0.0179. The number of hydrogen-bond acceptors (Lipinski definition) is 4. The molecule has 2 N–H and O–H groups in total. The Morgan fingerprint density at radius 2 is 1.65 bits per heavy atom. The van der Waals surface area contributed by atoms with Gasteiger partial charge in [-0.2, -0.15) is 8.42 Å². The Balaban J connectivity index is 2.21. The fourth-order valence-corrected chi connectivity index (χ4v) is 3.50. The van der Waals surface area contributed by atoms with E-state index in [0.29, 0.717) is 12.2 Å². The standard InChI is InChI=1S/C20H26O5S/c1-2-3-4-5-6-7-10-16-11-8-14-19(26(22,23)24)20(16)25-18-13-9-12-17(21)15-18/h8-9,11-15,21H,2-7,10H2,1H3,(H,22,23,24). The zero-order valence-corrected chi connectivity index (χ0v) is 15.8. The maximum Gasteiger partial charge on any atom is 0.298 e. The summed E-state index contributed by atoms with van der Waals surface area (Å²) in [6, 6.07) is 10.8. The number of phenolic OH excluding ortho intramolecular Hbond substituents is 1. The van der Waals surface area contributed by atoms with Crippen molar-refractivity contribution in [3.63, 3.8) is 0 Å². The van der Waals surface area contributed by atoms with Crippen LogP contribution in [0.1, 0.15) is 51.0 Å². The first-order valence-electron chi connectivity index (χ1n) is 8.98. The highest BCUT2D eigenvalue weighted by molar-refractivity contribution is 7.86. The van der Waals surface area contributed by atoms with Gasteiger partial charge in [-0.05, 0) is 36.6 Å². The quantitative estimate of drug-likeness (QED) is 0.431. The van der Waals surface area contributed by atoms with Gasteiger partial charge >= 0.3 is 0 Å². The summed E-state index contributed by atoms with van der Waals surface area (Å²) in [5.41, 5.74) is 0.721. The van der Waals surface area contributed by atoms with E-state index in [1.54, 1.807) is 24.3 Å². The first-order valence-corrected chi connectivity index (χ1v) is 10.4. The van der Waals surface area contributed by atoms with Crippen molar-refractivity contribution in [1.29, 1.82) is 0 Å². The van der Waals surface area contributed by atoms with Gasteiger partial charge in [-0.25, -0.2) is 0 Å². The second kappa shape index (κ2) is 9.59. The molecule has 0 aliphatic rings. The monoisotopic (exact) mass is 378 g/mol. The Hall–Kier alpha value is -2.05. The number of hydrogen-bond donors (Lipinski definition) is 2. The number of rotatable bonds is 10. The smallest absolute Gasteiger partial charge is 0.298 e. The van der Waals surface area contributed by atoms with Crippen molar-refractivity contribution in [2.45, 2.75) is 56.8 Å². The third-order valence-corrected chi connectivity index (χ3v) is 5.05. The van der Waals surface area contributed by atoms with Gasteiger partial charge in [-0.3, -0.25) is 4.55 Å². The maximum atomic E-state index is 11.7. The normalized spacial score (nSPS) is 11.5. The van der Waals surface area contributed by atoms with E-state index in [1.807, 2.05) is 0 Å². The molecular weight excluding hydrogens is 352 g/mol. The molecule has 0 aliphatic carbocycles. The van der Waals surface area contributed by atoms with Crippen LogP contribution >= 0.6 is 0 Å². The number of para-hydroxylation sites is 1. The van der Waals surface area contributed by atoms with Gasteiger partial charge in [0.25, 0.3) is 10.1 Å². The highest BCUT2D eigenvalue weighted by Crippen LogP contribution is 2.34. The van der Waals surface area contributed by atoms with Gasteiger partial charge in [0.2, 0.25) is 0 Å². The molecule has 0 amide bonds. The Labute approximate surface area is 155 Å². The summed E-state index contributed by atoms with van der Waals surface area (Å²) >= 11 is 0. The molecule has 26 heavy (non-hydrogen) atoms. The average molecular weight is 378 g/mol. The lowest BCUT2D eigenvalue weighted by molar-refractivity contribution is 0.436. The largest absolute Gasteiger partial charge is 0.508 e. The van der Waals surface area contributed by atoms with Crippen molar-refractivity contribution in [2.75, 3.05) is 0 Å². The highest BCUT2D eigenvalue weighted by atomic mass is 32.2. The summed E-state index contributed by atoms with van der Waals surface area (Å²) in [5.74, 6) is 0.448. The van der Waals surface area contributed by atoms with E-state index >= 15 is 0 Å². The molecule has 0 fully saturated rings. The van der Waals surface area contributed by atoms with Crippen LogP contribution in [0.4, 0.5) is 0 Å². The zero-order chi connectivity index (χ0) is 19.0. The van der Waals surface area contributed by atoms with Gasteiger partial charge in [0, 0.05) is 6.07 Å². The molecule has 2 rings (SSSR count). The van der Waals surface area contributed by atoms with Crippen LogP contribution in [0.2, 0.25) is 0 Å². The van der Waals surface area contributed by atoms with Crippen LogP contribution in [0.25, 0.3) is 0 Å². The first-order chi connectivity index (χ1) is 12.4. The lowest BCUT2D eigenvalue weighted by Crippen LogP contribution is -2.04. The average Bonchev–Trinajstić information content (AvgIpc) is 2.58.